The molecule has 0 saturated carbocycles. The minimum absolute atomic E-state index is 0. The zero-order chi connectivity index (χ0) is 18.4. The van der Waals surface area contributed by atoms with Gasteiger partial charge in [-0.1, -0.05) is 43.3 Å². The molecule has 1 amide bonds. The Balaban J connectivity index is 0.00000261. The number of hydrogen-bond donors (Lipinski definition) is 2. The first kappa shape index (κ1) is 21.2. The molecule has 0 radical (unpaired) electrons. The number of rotatable bonds is 6. The van der Waals surface area contributed by atoms with Crippen LogP contribution in [0, 0.1) is 0 Å². The third-order valence-corrected chi connectivity index (χ3v) is 4.60. The monoisotopic (exact) mass is 478 g/mol. The van der Waals surface area contributed by atoms with Crippen molar-refractivity contribution in [2.45, 2.75) is 39.3 Å². The Morgan fingerprint density at radius 2 is 1.89 bits per heavy atom. The molecule has 27 heavy (non-hydrogen) atoms. The average Bonchev–Trinajstić information content (AvgIpc) is 3.06. The van der Waals surface area contributed by atoms with E-state index in [1.54, 1.807) is 0 Å². The highest BCUT2D eigenvalue weighted by molar-refractivity contribution is 14.0. The fourth-order valence-electron chi connectivity index (χ4n) is 3.11. The van der Waals surface area contributed by atoms with E-state index < -0.39 is 0 Å². The second-order valence-electron chi connectivity index (χ2n) is 6.62. The summed E-state index contributed by atoms with van der Waals surface area (Å²) in [5.74, 6) is 0.644. The number of benzene rings is 2. The van der Waals surface area contributed by atoms with Crippen LogP contribution in [0.25, 0.3) is 0 Å². The van der Waals surface area contributed by atoms with Crippen molar-refractivity contribution in [3.05, 3.63) is 65.2 Å². The molecular weight excluding hydrogens is 451 g/mol. The second-order valence-corrected chi connectivity index (χ2v) is 6.62. The molecule has 0 bridgehead atoms. The van der Waals surface area contributed by atoms with E-state index in [0.29, 0.717) is 25.5 Å². The SMILES string of the molecule is CCc1ccc(NC(N)=NCc2cccc(CN3CCCC3=O)c2)cc1.I. The van der Waals surface area contributed by atoms with Crippen molar-refractivity contribution >= 4 is 41.5 Å². The summed E-state index contributed by atoms with van der Waals surface area (Å²) in [7, 11) is 0. The molecule has 2 aromatic rings. The summed E-state index contributed by atoms with van der Waals surface area (Å²) in [5.41, 5.74) is 10.4. The standard InChI is InChI=1S/C21H26N4O.HI/c1-2-16-8-10-19(11-9-16)24-21(22)23-14-17-5-3-6-18(13-17)15-25-12-4-7-20(25)26;/h3,5-6,8-11,13H,2,4,7,12,14-15H2,1H3,(H3,22,23,24);1H. The van der Waals surface area contributed by atoms with Crippen LogP contribution in [-0.4, -0.2) is 23.3 Å². The Morgan fingerprint density at radius 1 is 1.15 bits per heavy atom. The number of nitrogens with two attached hydrogens (primary N) is 1. The Morgan fingerprint density at radius 3 is 2.56 bits per heavy atom. The molecule has 2 aromatic carbocycles. The maximum Gasteiger partial charge on any atom is 0.222 e. The number of aryl methyl sites for hydroxylation is 1. The number of hydrogen-bond acceptors (Lipinski definition) is 2. The van der Waals surface area contributed by atoms with Gasteiger partial charge in [-0.05, 0) is 41.7 Å². The summed E-state index contributed by atoms with van der Waals surface area (Å²) in [5, 5.41) is 3.12. The van der Waals surface area contributed by atoms with Crippen molar-refractivity contribution in [3.63, 3.8) is 0 Å². The normalized spacial score (nSPS) is 14.2. The summed E-state index contributed by atoms with van der Waals surface area (Å²) in [6.07, 6.45) is 2.65. The van der Waals surface area contributed by atoms with Crippen molar-refractivity contribution in [3.8, 4) is 0 Å². The van der Waals surface area contributed by atoms with Crippen LogP contribution in [0.3, 0.4) is 0 Å². The predicted molar refractivity (Wildman–Crippen MR) is 121 cm³/mol. The molecule has 1 saturated heterocycles. The van der Waals surface area contributed by atoms with Gasteiger partial charge < -0.3 is 16.0 Å². The van der Waals surface area contributed by atoms with Crippen LogP contribution in [0.15, 0.2) is 53.5 Å². The molecule has 144 valence electrons. The van der Waals surface area contributed by atoms with Gasteiger partial charge in [-0.25, -0.2) is 4.99 Å². The molecule has 3 rings (SSSR count). The van der Waals surface area contributed by atoms with Gasteiger partial charge in [-0.15, -0.1) is 24.0 Å². The number of anilines is 1. The zero-order valence-electron chi connectivity index (χ0n) is 15.6. The first-order chi connectivity index (χ1) is 12.6. The third-order valence-electron chi connectivity index (χ3n) is 4.60. The van der Waals surface area contributed by atoms with E-state index in [-0.39, 0.29) is 29.9 Å². The minimum atomic E-state index is 0. The molecule has 5 nitrogen and oxygen atoms in total. The lowest BCUT2D eigenvalue weighted by Crippen LogP contribution is -2.24. The van der Waals surface area contributed by atoms with E-state index >= 15 is 0 Å². The number of amides is 1. The maximum absolute atomic E-state index is 11.8. The molecule has 6 heteroatoms. The van der Waals surface area contributed by atoms with Gasteiger partial charge in [0.1, 0.15) is 0 Å². The number of halogens is 1. The molecule has 1 fully saturated rings. The van der Waals surface area contributed by atoms with Crippen LogP contribution in [0.1, 0.15) is 36.5 Å². The summed E-state index contributed by atoms with van der Waals surface area (Å²) in [6.45, 7) is 4.17. The highest BCUT2D eigenvalue weighted by atomic mass is 127. The van der Waals surface area contributed by atoms with Gasteiger partial charge in [0.25, 0.3) is 0 Å². The van der Waals surface area contributed by atoms with Crippen molar-refractivity contribution in [2.24, 2.45) is 10.7 Å². The Kier molecular flexibility index (Phi) is 8.09. The molecule has 1 heterocycles. The van der Waals surface area contributed by atoms with Gasteiger partial charge in [-0.2, -0.15) is 0 Å². The highest BCUT2D eigenvalue weighted by Gasteiger charge is 2.19. The van der Waals surface area contributed by atoms with E-state index in [1.165, 1.54) is 5.56 Å². The Bertz CT molecular complexity index is 789. The average molecular weight is 478 g/mol. The topological polar surface area (TPSA) is 70.7 Å². The zero-order valence-corrected chi connectivity index (χ0v) is 18.0. The molecule has 0 atom stereocenters. The van der Waals surface area contributed by atoms with Gasteiger partial charge in [0.05, 0.1) is 6.54 Å². The molecule has 0 aliphatic carbocycles. The lowest BCUT2D eigenvalue weighted by atomic mass is 10.1. The van der Waals surface area contributed by atoms with Gasteiger partial charge in [0.2, 0.25) is 5.91 Å². The van der Waals surface area contributed by atoms with Crippen LogP contribution in [0.5, 0.6) is 0 Å². The summed E-state index contributed by atoms with van der Waals surface area (Å²) < 4.78 is 0. The van der Waals surface area contributed by atoms with Crippen LogP contribution in [0.2, 0.25) is 0 Å². The van der Waals surface area contributed by atoms with Crippen LogP contribution >= 0.6 is 24.0 Å². The number of nitrogens with zero attached hydrogens (tertiary/aromatic N) is 2. The third kappa shape index (κ3) is 6.23. The maximum atomic E-state index is 11.8. The molecule has 0 aromatic heterocycles. The van der Waals surface area contributed by atoms with Crippen LogP contribution in [0.4, 0.5) is 5.69 Å². The minimum Gasteiger partial charge on any atom is -0.370 e. The van der Waals surface area contributed by atoms with E-state index in [2.05, 4.69) is 41.5 Å². The lowest BCUT2D eigenvalue weighted by molar-refractivity contribution is -0.128. The van der Waals surface area contributed by atoms with E-state index in [9.17, 15) is 4.79 Å². The van der Waals surface area contributed by atoms with Gasteiger partial charge in [-0.3, -0.25) is 4.79 Å². The second kappa shape index (κ2) is 10.3. The number of carbonyl (C=O) groups is 1. The Hall–Kier alpha value is -2.09. The van der Waals surface area contributed by atoms with E-state index in [1.807, 2.05) is 29.2 Å². The van der Waals surface area contributed by atoms with E-state index in [4.69, 9.17) is 5.73 Å². The van der Waals surface area contributed by atoms with Crippen molar-refractivity contribution in [1.82, 2.24) is 4.90 Å². The number of carbonyl (C=O) groups excluding carboxylic acids is 1. The van der Waals surface area contributed by atoms with Crippen LogP contribution < -0.4 is 11.1 Å². The van der Waals surface area contributed by atoms with Crippen molar-refractivity contribution in [2.75, 3.05) is 11.9 Å². The molecule has 1 aliphatic heterocycles. The van der Waals surface area contributed by atoms with Crippen molar-refractivity contribution in [1.29, 1.82) is 0 Å². The molecular formula is C21H27IN4O. The smallest absolute Gasteiger partial charge is 0.222 e. The first-order valence-electron chi connectivity index (χ1n) is 9.15. The van der Waals surface area contributed by atoms with E-state index in [0.717, 1.165) is 36.2 Å². The summed E-state index contributed by atoms with van der Waals surface area (Å²) >= 11 is 0. The number of likely N-dealkylation sites (tertiary alicyclic amines) is 1. The predicted octanol–water partition coefficient (Wildman–Crippen LogP) is 3.92. The Labute approximate surface area is 178 Å². The number of nitrogens with one attached hydrogen (secondary N) is 1. The quantitative estimate of drug-likeness (QED) is 0.376. The lowest BCUT2D eigenvalue weighted by Gasteiger charge is -2.15. The van der Waals surface area contributed by atoms with Crippen LogP contribution in [-0.2, 0) is 24.3 Å². The largest absolute Gasteiger partial charge is 0.370 e. The fraction of sp³-hybridized carbons (Fsp3) is 0.333. The molecule has 0 unspecified atom stereocenters. The molecule has 0 spiro atoms. The molecule has 1 aliphatic rings. The summed E-state index contributed by atoms with van der Waals surface area (Å²) in [4.78, 5) is 18.1. The van der Waals surface area contributed by atoms with Gasteiger partial charge in [0, 0.05) is 25.2 Å². The van der Waals surface area contributed by atoms with Gasteiger partial charge >= 0.3 is 0 Å². The molecule has 3 N–H and O–H groups in total. The first-order valence-corrected chi connectivity index (χ1v) is 9.15. The highest BCUT2D eigenvalue weighted by Crippen LogP contribution is 2.15. The van der Waals surface area contributed by atoms with Gasteiger partial charge in [0.15, 0.2) is 5.96 Å². The number of aliphatic imine (C=N–C) groups is 1. The van der Waals surface area contributed by atoms with Crippen molar-refractivity contribution < 1.29 is 4.79 Å². The summed E-state index contributed by atoms with van der Waals surface area (Å²) in [6, 6.07) is 16.4. The number of guanidine groups is 1. The fourth-order valence-corrected chi connectivity index (χ4v) is 3.11.